The van der Waals surface area contributed by atoms with E-state index in [9.17, 15) is 9.18 Å². The third-order valence-electron chi connectivity index (χ3n) is 2.97. The molecular weight excluding hydrogens is 273 g/mol. The SMILES string of the molecule is CNc1cc(Cl)nn2c(C(=O)N[C@@H]3C[C@@H]3F)cnc12. The van der Waals surface area contributed by atoms with Gasteiger partial charge in [0.05, 0.1) is 17.9 Å². The highest BCUT2D eigenvalue weighted by molar-refractivity contribution is 6.29. The van der Waals surface area contributed by atoms with Crippen LogP contribution in [0.3, 0.4) is 0 Å². The van der Waals surface area contributed by atoms with Gasteiger partial charge < -0.3 is 10.6 Å². The molecule has 100 valence electrons. The maximum Gasteiger partial charge on any atom is 0.271 e. The van der Waals surface area contributed by atoms with E-state index in [1.165, 1.54) is 10.7 Å². The van der Waals surface area contributed by atoms with Crippen LogP contribution in [0.5, 0.6) is 0 Å². The smallest absolute Gasteiger partial charge is 0.271 e. The maximum atomic E-state index is 12.8. The molecule has 2 aromatic heterocycles. The Balaban J connectivity index is 1.99. The highest BCUT2D eigenvalue weighted by Gasteiger charge is 2.39. The molecule has 0 bridgehead atoms. The fourth-order valence-electron chi connectivity index (χ4n) is 1.83. The van der Waals surface area contributed by atoms with Gasteiger partial charge in [-0.2, -0.15) is 5.10 Å². The lowest BCUT2D eigenvalue weighted by atomic mass is 10.4. The molecule has 1 aliphatic rings. The number of amides is 1. The Labute approximate surface area is 113 Å². The van der Waals surface area contributed by atoms with Crippen molar-refractivity contribution >= 4 is 28.8 Å². The number of hydrogen-bond donors (Lipinski definition) is 2. The van der Waals surface area contributed by atoms with Gasteiger partial charge >= 0.3 is 0 Å². The van der Waals surface area contributed by atoms with Gasteiger partial charge in [0.25, 0.3) is 5.91 Å². The standard InChI is InChI=1S/C11H11ClFN5O/c1-14-7-3-9(12)17-18-8(4-15-10(7)18)11(19)16-6-2-5(6)13/h3-6,14H,2H2,1H3,(H,16,19)/t5-,6+/m0/s1. The summed E-state index contributed by atoms with van der Waals surface area (Å²) < 4.78 is 14.1. The van der Waals surface area contributed by atoms with Gasteiger partial charge in [-0.15, -0.1) is 0 Å². The number of hydrogen-bond acceptors (Lipinski definition) is 4. The second-order valence-corrected chi connectivity index (χ2v) is 4.73. The van der Waals surface area contributed by atoms with Crippen molar-refractivity contribution in [3.05, 3.63) is 23.1 Å². The summed E-state index contributed by atoms with van der Waals surface area (Å²) in [6, 6.07) is 1.21. The Morgan fingerprint density at radius 3 is 3.00 bits per heavy atom. The maximum absolute atomic E-state index is 12.8. The van der Waals surface area contributed by atoms with E-state index in [2.05, 4.69) is 20.7 Å². The number of imidazole rings is 1. The number of carbonyl (C=O) groups excluding carboxylic acids is 1. The van der Waals surface area contributed by atoms with E-state index in [0.717, 1.165) is 0 Å². The van der Waals surface area contributed by atoms with Gasteiger partial charge in [-0.05, 0) is 0 Å². The lowest BCUT2D eigenvalue weighted by Gasteiger charge is -2.05. The third kappa shape index (κ3) is 2.10. The van der Waals surface area contributed by atoms with Crippen LogP contribution in [0.1, 0.15) is 16.9 Å². The van der Waals surface area contributed by atoms with Crippen LogP contribution in [-0.2, 0) is 0 Å². The van der Waals surface area contributed by atoms with Crippen molar-refractivity contribution < 1.29 is 9.18 Å². The summed E-state index contributed by atoms with van der Waals surface area (Å²) in [6.45, 7) is 0. The first-order chi connectivity index (χ1) is 9.10. The Morgan fingerprint density at radius 1 is 1.63 bits per heavy atom. The van der Waals surface area contributed by atoms with E-state index in [1.54, 1.807) is 13.1 Å². The van der Waals surface area contributed by atoms with Crippen molar-refractivity contribution in [2.24, 2.45) is 0 Å². The molecule has 2 aromatic rings. The van der Waals surface area contributed by atoms with Crippen LogP contribution < -0.4 is 10.6 Å². The first-order valence-electron chi connectivity index (χ1n) is 5.77. The van der Waals surface area contributed by atoms with Crippen molar-refractivity contribution in [1.29, 1.82) is 0 Å². The molecule has 19 heavy (non-hydrogen) atoms. The van der Waals surface area contributed by atoms with E-state index in [-0.39, 0.29) is 10.8 Å². The first kappa shape index (κ1) is 12.2. The van der Waals surface area contributed by atoms with Crippen LogP contribution in [-0.4, -0.2) is 39.8 Å². The van der Waals surface area contributed by atoms with Crippen molar-refractivity contribution in [1.82, 2.24) is 19.9 Å². The summed E-state index contributed by atoms with van der Waals surface area (Å²) in [6.07, 6.45) is 0.802. The number of alkyl halides is 1. The van der Waals surface area contributed by atoms with Gasteiger partial charge in [-0.1, -0.05) is 11.6 Å². The molecule has 8 heteroatoms. The molecule has 2 N–H and O–H groups in total. The molecule has 2 heterocycles. The number of carbonyl (C=O) groups is 1. The number of nitrogens with zero attached hydrogens (tertiary/aromatic N) is 3. The molecule has 0 saturated heterocycles. The van der Waals surface area contributed by atoms with E-state index >= 15 is 0 Å². The molecule has 1 saturated carbocycles. The predicted molar refractivity (Wildman–Crippen MR) is 68.3 cm³/mol. The second kappa shape index (κ2) is 4.34. The zero-order valence-corrected chi connectivity index (χ0v) is 10.8. The minimum absolute atomic E-state index is 0.230. The summed E-state index contributed by atoms with van der Waals surface area (Å²) in [5.41, 5.74) is 1.38. The lowest BCUT2D eigenvalue weighted by molar-refractivity contribution is 0.0940. The van der Waals surface area contributed by atoms with E-state index in [4.69, 9.17) is 11.6 Å². The van der Waals surface area contributed by atoms with Crippen LogP contribution in [0.25, 0.3) is 5.65 Å². The zero-order chi connectivity index (χ0) is 13.6. The lowest BCUT2D eigenvalue weighted by Crippen LogP contribution is -2.28. The summed E-state index contributed by atoms with van der Waals surface area (Å²) in [5, 5.41) is 9.77. The minimum atomic E-state index is -0.951. The number of aromatic nitrogens is 3. The molecular formula is C11H11ClFN5O. The zero-order valence-electron chi connectivity index (χ0n) is 10.0. The Hall–Kier alpha value is -1.89. The second-order valence-electron chi connectivity index (χ2n) is 4.34. The number of anilines is 1. The molecule has 1 aliphatic carbocycles. The average molecular weight is 284 g/mol. The molecule has 0 aliphatic heterocycles. The molecule has 3 rings (SSSR count). The summed E-state index contributed by atoms with van der Waals surface area (Å²) in [4.78, 5) is 16.1. The minimum Gasteiger partial charge on any atom is -0.385 e. The number of nitrogens with one attached hydrogen (secondary N) is 2. The highest BCUT2D eigenvalue weighted by Crippen LogP contribution is 2.25. The Bertz CT molecular complexity index is 658. The number of rotatable bonds is 3. The van der Waals surface area contributed by atoms with Crippen molar-refractivity contribution in [2.75, 3.05) is 12.4 Å². The van der Waals surface area contributed by atoms with Crippen LogP contribution >= 0.6 is 11.6 Å². The van der Waals surface area contributed by atoms with Crippen molar-refractivity contribution in [3.63, 3.8) is 0 Å². The van der Waals surface area contributed by atoms with Gasteiger partial charge in [0.1, 0.15) is 6.17 Å². The van der Waals surface area contributed by atoms with Gasteiger partial charge in [0, 0.05) is 19.5 Å². The van der Waals surface area contributed by atoms with Gasteiger partial charge in [-0.3, -0.25) is 4.79 Å². The quantitative estimate of drug-likeness (QED) is 0.890. The fraction of sp³-hybridized carbons (Fsp3) is 0.364. The molecule has 1 fully saturated rings. The van der Waals surface area contributed by atoms with Crippen molar-refractivity contribution in [2.45, 2.75) is 18.6 Å². The summed E-state index contributed by atoms with van der Waals surface area (Å²) in [5.74, 6) is -0.408. The Kier molecular flexibility index (Phi) is 2.78. The molecule has 0 unspecified atom stereocenters. The fourth-order valence-corrected chi connectivity index (χ4v) is 2.02. The summed E-state index contributed by atoms with van der Waals surface area (Å²) in [7, 11) is 1.72. The van der Waals surface area contributed by atoms with E-state index < -0.39 is 18.1 Å². The van der Waals surface area contributed by atoms with Gasteiger partial charge in [-0.25, -0.2) is 13.9 Å². The van der Waals surface area contributed by atoms with E-state index in [0.29, 0.717) is 17.8 Å². The molecule has 0 aromatic carbocycles. The van der Waals surface area contributed by atoms with Crippen LogP contribution in [0.2, 0.25) is 5.15 Å². The van der Waals surface area contributed by atoms with Crippen molar-refractivity contribution in [3.8, 4) is 0 Å². The highest BCUT2D eigenvalue weighted by atomic mass is 35.5. The normalized spacial score (nSPS) is 21.4. The Morgan fingerprint density at radius 2 is 2.37 bits per heavy atom. The van der Waals surface area contributed by atoms with E-state index in [1.807, 2.05) is 0 Å². The van der Waals surface area contributed by atoms with Crippen LogP contribution in [0.15, 0.2) is 12.3 Å². The third-order valence-corrected chi connectivity index (χ3v) is 3.15. The topological polar surface area (TPSA) is 71.3 Å². The molecule has 0 spiro atoms. The average Bonchev–Trinajstić information content (AvgIpc) is 2.90. The van der Waals surface area contributed by atoms with Gasteiger partial charge in [0.15, 0.2) is 16.5 Å². The molecule has 2 atom stereocenters. The van der Waals surface area contributed by atoms with Crippen LogP contribution in [0.4, 0.5) is 10.1 Å². The van der Waals surface area contributed by atoms with Gasteiger partial charge in [0.2, 0.25) is 0 Å². The van der Waals surface area contributed by atoms with Crippen LogP contribution in [0, 0.1) is 0 Å². The first-order valence-corrected chi connectivity index (χ1v) is 6.15. The molecule has 0 radical (unpaired) electrons. The largest absolute Gasteiger partial charge is 0.385 e. The number of halogens is 2. The number of fused-ring (bicyclic) bond motifs is 1. The monoisotopic (exact) mass is 283 g/mol. The predicted octanol–water partition coefficient (Wildman–Crippen LogP) is 1.26. The molecule has 6 nitrogen and oxygen atoms in total. The summed E-state index contributed by atoms with van der Waals surface area (Å²) >= 11 is 5.89. The molecule has 1 amide bonds.